The first-order valence-corrected chi connectivity index (χ1v) is 5.78. The van der Waals surface area contributed by atoms with Crippen LogP contribution in [0.4, 0.5) is 4.39 Å². The molecule has 0 spiro atoms. The van der Waals surface area contributed by atoms with Gasteiger partial charge in [-0.3, -0.25) is 4.90 Å². The third kappa shape index (κ3) is 2.46. The molecule has 1 aliphatic rings. The first kappa shape index (κ1) is 12.0. The van der Waals surface area contributed by atoms with Crippen molar-refractivity contribution < 1.29 is 9.50 Å². The summed E-state index contributed by atoms with van der Waals surface area (Å²) < 4.78 is 13.8. The van der Waals surface area contributed by atoms with Crippen molar-refractivity contribution in [1.29, 1.82) is 5.26 Å². The zero-order chi connectivity index (χ0) is 12.3. The fourth-order valence-electron chi connectivity index (χ4n) is 2.32. The number of hydrogen-bond donors (Lipinski definition) is 1. The van der Waals surface area contributed by atoms with Gasteiger partial charge in [0.05, 0.1) is 12.2 Å². The predicted octanol–water partition coefficient (Wildman–Crippen LogP) is 1.65. The van der Waals surface area contributed by atoms with E-state index in [0.717, 1.165) is 19.4 Å². The summed E-state index contributed by atoms with van der Waals surface area (Å²) in [5.74, 6) is -0.432. The Hall–Kier alpha value is -1.44. The van der Waals surface area contributed by atoms with Gasteiger partial charge >= 0.3 is 0 Å². The monoisotopic (exact) mass is 234 g/mol. The van der Waals surface area contributed by atoms with E-state index in [1.807, 2.05) is 6.07 Å². The van der Waals surface area contributed by atoms with Crippen LogP contribution in [0.5, 0.6) is 0 Å². The molecule has 2 rings (SSSR count). The lowest BCUT2D eigenvalue weighted by Crippen LogP contribution is -2.31. The van der Waals surface area contributed by atoms with Gasteiger partial charge in [0.1, 0.15) is 11.9 Å². The van der Waals surface area contributed by atoms with Crippen LogP contribution in [0, 0.1) is 17.1 Å². The van der Waals surface area contributed by atoms with Crippen LogP contribution >= 0.6 is 0 Å². The highest BCUT2D eigenvalue weighted by atomic mass is 19.1. The molecule has 1 aliphatic heterocycles. The Bertz CT molecular complexity index is 442. The number of aliphatic hydroxyl groups is 1. The molecule has 0 aromatic heterocycles. The van der Waals surface area contributed by atoms with Gasteiger partial charge in [0.15, 0.2) is 0 Å². The number of nitriles is 1. The maximum atomic E-state index is 13.8. The summed E-state index contributed by atoms with van der Waals surface area (Å²) >= 11 is 0. The summed E-state index contributed by atoms with van der Waals surface area (Å²) in [6, 6.07) is 6.84. The molecule has 3 nitrogen and oxygen atoms in total. The predicted molar refractivity (Wildman–Crippen MR) is 61.6 cm³/mol. The van der Waals surface area contributed by atoms with Crippen LogP contribution in [0.15, 0.2) is 18.2 Å². The number of aliphatic hydroxyl groups excluding tert-OH is 1. The average molecular weight is 234 g/mol. The first-order chi connectivity index (χ1) is 8.26. The van der Waals surface area contributed by atoms with E-state index >= 15 is 0 Å². The molecular weight excluding hydrogens is 219 g/mol. The van der Waals surface area contributed by atoms with E-state index in [1.54, 1.807) is 12.1 Å². The Balaban J connectivity index is 2.16. The maximum absolute atomic E-state index is 13.8. The Morgan fingerprint density at radius 1 is 1.53 bits per heavy atom. The van der Waals surface area contributed by atoms with Crippen molar-refractivity contribution in [2.45, 2.75) is 25.4 Å². The molecule has 1 saturated heterocycles. The molecule has 90 valence electrons. The van der Waals surface area contributed by atoms with Crippen LogP contribution < -0.4 is 0 Å². The van der Waals surface area contributed by atoms with Crippen LogP contribution in [0.1, 0.15) is 24.0 Å². The summed E-state index contributed by atoms with van der Waals surface area (Å²) in [7, 11) is 0. The molecule has 0 aliphatic carbocycles. The van der Waals surface area contributed by atoms with E-state index in [-0.39, 0.29) is 18.2 Å². The maximum Gasteiger partial charge on any atom is 0.145 e. The number of nitrogens with zero attached hydrogens (tertiary/aromatic N) is 2. The van der Waals surface area contributed by atoms with Crippen molar-refractivity contribution >= 4 is 0 Å². The van der Waals surface area contributed by atoms with Crippen LogP contribution in [-0.4, -0.2) is 29.2 Å². The van der Waals surface area contributed by atoms with Gasteiger partial charge in [0, 0.05) is 18.2 Å². The van der Waals surface area contributed by atoms with Crippen molar-refractivity contribution in [2.24, 2.45) is 0 Å². The molecular formula is C13H15FN2O. The fraction of sp³-hybridized carbons (Fsp3) is 0.462. The van der Waals surface area contributed by atoms with Gasteiger partial charge in [-0.05, 0) is 25.5 Å². The lowest BCUT2D eigenvalue weighted by molar-refractivity contribution is 0.152. The lowest BCUT2D eigenvalue weighted by Gasteiger charge is -2.22. The highest BCUT2D eigenvalue weighted by molar-refractivity contribution is 5.34. The minimum absolute atomic E-state index is 0.0854. The van der Waals surface area contributed by atoms with Crippen molar-refractivity contribution in [1.82, 2.24) is 4.90 Å². The summed E-state index contributed by atoms with van der Waals surface area (Å²) in [6.45, 7) is 1.45. The molecule has 1 fully saturated rings. The van der Waals surface area contributed by atoms with Gasteiger partial charge in [-0.2, -0.15) is 5.26 Å². The van der Waals surface area contributed by atoms with E-state index in [1.165, 1.54) is 6.07 Å². The van der Waals surface area contributed by atoms with Gasteiger partial charge in [-0.15, -0.1) is 0 Å². The Morgan fingerprint density at radius 3 is 3.06 bits per heavy atom. The minimum atomic E-state index is -0.432. The highest BCUT2D eigenvalue weighted by Crippen LogP contribution is 2.21. The third-order valence-corrected chi connectivity index (χ3v) is 3.28. The van der Waals surface area contributed by atoms with E-state index in [4.69, 9.17) is 5.26 Å². The summed E-state index contributed by atoms with van der Waals surface area (Å²) in [4.78, 5) is 2.07. The zero-order valence-electron chi connectivity index (χ0n) is 9.56. The lowest BCUT2D eigenvalue weighted by atomic mass is 10.1. The van der Waals surface area contributed by atoms with Crippen molar-refractivity contribution in [3.8, 4) is 6.07 Å². The second kappa shape index (κ2) is 5.26. The van der Waals surface area contributed by atoms with Crippen LogP contribution in [0.2, 0.25) is 0 Å². The standard InChI is InChI=1S/C13H15FN2O/c14-13-10(7-15)3-1-4-11(13)8-16-6-2-5-12(16)9-17/h1,3-4,12,17H,2,5-6,8-9H2/t12-/m1/s1. The Kier molecular flexibility index (Phi) is 3.72. The molecule has 1 atom stereocenters. The van der Waals surface area contributed by atoms with Crippen LogP contribution in [0.3, 0.4) is 0 Å². The van der Waals surface area contributed by atoms with E-state index < -0.39 is 5.82 Å². The number of halogens is 1. The van der Waals surface area contributed by atoms with Crippen molar-refractivity contribution in [2.75, 3.05) is 13.2 Å². The highest BCUT2D eigenvalue weighted by Gasteiger charge is 2.24. The first-order valence-electron chi connectivity index (χ1n) is 5.78. The molecule has 0 saturated carbocycles. The second-order valence-corrected chi connectivity index (χ2v) is 4.34. The molecule has 0 bridgehead atoms. The van der Waals surface area contributed by atoms with Gasteiger partial charge in [-0.1, -0.05) is 12.1 Å². The molecule has 0 amide bonds. The molecule has 0 radical (unpaired) electrons. The topological polar surface area (TPSA) is 47.3 Å². The second-order valence-electron chi connectivity index (χ2n) is 4.34. The normalized spacial score (nSPS) is 20.4. The fourth-order valence-corrected chi connectivity index (χ4v) is 2.32. The Morgan fingerprint density at radius 2 is 2.35 bits per heavy atom. The van der Waals surface area contributed by atoms with E-state index in [0.29, 0.717) is 12.1 Å². The molecule has 0 unspecified atom stereocenters. The zero-order valence-corrected chi connectivity index (χ0v) is 9.56. The molecule has 1 aromatic carbocycles. The quantitative estimate of drug-likeness (QED) is 0.865. The number of benzene rings is 1. The summed E-state index contributed by atoms with van der Waals surface area (Å²) in [5.41, 5.74) is 0.617. The molecule has 4 heteroatoms. The largest absolute Gasteiger partial charge is 0.395 e. The molecule has 1 heterocycles. The van der Waals surface area contributed by atoms with Gasteiger partial charge in [0.2, 0.25) is 0 Å². The van der Waals surface area contributed by atoms with Gasteiger partial charge in [0.25, 0.3) is 0 Å². The van der Waals surface area contributed by atoms with Gasteiger partial charge in [-0.25, -0.2) is 4.39 Å². The summed E-state index contributed by atoms with van der Waals surface area (Å²) in [6.07, 6.45) is 1.99. The third-order valence-electron chi connectivity index (χ3n) is 3.28. The van der Waals surface area contributed by atoms with E-state index in [2.05, 4.69) is 4.90 Å². The number of hydrogen-bond acceptors (Lipinski definition) is 3. The SMILES string of the molecule is N#Cc1cccc(CN2CCC[C@@H]2CO)c1F. The van der Waals surface area contributed by atoms with E-state index in [9.17, 15) is 9.50 Å². The number of likely N-dealkylation sites (tertiary alicyclic amines) is 1. The average Bonchev–Trinajstić information content (AvgIpc) is 2.79. The molecule has 1 aromatic rings. The Labute approximate surface area is 100 Å². The minimum Gasteiger partial charge on any atom is -0.395 e. The van der Waals surface area contributed by atoms with Crippen molar-refractivity contribution in [3.63, 3.8) is 0 Å². The molecule has 17 heavy (non-hydrogen) atoms. The molecule has 1 N–H and O–H groups in total. The smallest absolute Gasteiger partial charge is 0.145 e. The van der Waals surface area contributed by atoms with Crippen molar-refractivity contribution in [3.05, 3.63) is 35.1 Å². The number of rotatable bonds is 3. The van der Waals surface area contributed by atoms with Gasteiger partial charge < -0.3 is 5.11 Å². The summed E-state index contributed by atoms with van der Waals surface area (Å²) in [5, 5.41) is 18.0. The van der Waals surface area contributed by atoms with Crippen LogP contribution in [-0.2, 0) is 6.54 Å². The van der Waals surface area contributed by atoms with Crippen LogP contribution in [0.25, 0.3) is 0 Å².